The van der Waals surface area contributed by atoms with Crippen LogP contribution in [0.1, 0.15) is 0 Å². The molecule has 0 aromatic carbocycles. The van der Waals surface area contributed by atoms with Crippen LogP contribution in [0.15, 0.2) is 0 Å². The van der Waals surface area contributed by atoms with Crippen LogP contribution in [0.3, 0.4) is 0 Å². The van der Waals surface area contributed by atoms with E-state index in [0.29, 0.717) is 0 Å². The van der Waals surface area contributed by atoms with Crippen molar-refractivity contribution in [3.8, 4) is 0 Å². The molecule has 0 atom stereocenters. The van der Waals surface area contributed by atoms with Crippen molar-refractivity contribution in [1.82, 2.24) is 14.7 Å². The van der Waals surface area contributed by atoms with Crippen molar-refractivity contribution in [3.63, 3.8) is 0 Å². The predicted molar refractivity (Wildman–Crippen MR) is 46.1 cm³/mol. The molecule has 15 heavy (non-hydrogen) atoms. The van der Waals surface area contributed by atoms with Crippen LogP contribution in [0.2, 0.25) is 0 Å². The minimum absolute atomic E-state index is 0. The first-order valence-corrected chi connectivity index (χ1v) is 3.87. The minimum Gasteiger partial charge on any atom is -1.00 e. The normalized spacial score (nSPS) is 19.4. The standard InChI is InChI=1S/C7H17N4.3ClH.Ti/c1-9-4-8-5-10(2)7-11(3)6-9;;;;/h4-7H2,1-3H3;3*1H;/q-1;;;;+4/p-3. The summed E-state index contributed by atoms with van der Waals surface area (Å²) < 4.78 is 0. The number of hydrogen-bond donors (Lipinski definition) is 0. The Labute approximate surface area is 126 Å². The third kappa shape index (κ3) is 11.7. The Balaban J connectivity index is -0.000000151. The smallest absolute Gasteiger partial charge is 1.00 e. The van der Waals surface area contributed by atoms with Gasteiger partial charge in [0.1, 0.15) is 0 Å². The Morgan fingerprint density at radius 3 is 1.40 bits per heavy atom. The van der Waals surface area contributed by atoms with Crippen LogP contribution in [0.4, 0.5) is 0 Å². The number of rotatable bonds is 0. The molecule has 0 spiro atoms. The molecular weight excluding hydrogens is 294 g/mol. The van der Waals surface area contributed by atoms with E-state index in [1.807, 2.05) is 0 Å². The molecular formula is C7H17Cl3N4Ti. The molecule has 0 bridgehead atoms. The molecule has 1 aliphatic rings. The number of hydrogen-bond acceptors (Lipinski definition) is 3. The average Bonchev–Trinajstić information content (AvgIpc) is 1.83. The predicted octanol–water partition coefficient (Wildman–Crippen LogP) is -8.99. The first-order chi connectivity index (χ1) is 5.18. The van der Waals surface area contributed by atoms with Crippen molar-refractivity contribution in [3.05, 3.63) is 5.32 Å². The van der Waals surface area contributed by atoms with E-state index in [9.17, 15) is 0 Å². The first kappa shape index (κ1) is 25.3. The quantitative estimate of drug-likeness (QED) is 0.415. The van der Waals surface area contributed by atoms with Gasteiger partial charge in [0, 0.05) is 13.3 Å². The van der Waals surface area contributed by atoms with Crippen molar-refractivity contribution >= 4 is 0 Å². The zero-order valence-corrected chi connectivity index (χ0v) is 13.1. The maximum Gasteiger partial charge on any atom is 4.00 e. The summed E-state index contributed by atoms with van der Waals surface area (Å²) in [6, 6.07) is 0. The fourth-order valence-electron chi connectivity index (χ4n) is 1.34. The summed E-state index contributed by atoms with van der Waals surface area (Å²) in [5.41, 5.74) is 0. The topological polar surface area (TPSA) is 23.8 Å². The molecule has 0 N–H and O–H groups in total. The zero-order chi connectivity index (χ0) is 8.27. The molecule has 0 aromatic heterocycles. The molecule has 8 heteroatoms. The second-order valence-electron chi connectivity index (χ2n) is 3.36. The van der Waals surface area contributed by atoms with Gasteiger partial charge in [-0.2, -0.15) is 0 Å². The Morgan fingerprint density at radius 1 is 0.733 bits per heavy atom. The van der Waals surface area contributed by atoms with E-state index in [1.165, 1.54) is 0 Å². The Bertz CT molecular complexity index is 121. The van der Waals surface area contributed by atoms with Crippen molar-refractivity contribution in [2.45, 2.75) is 0 Å². The Hall–Kier alpha value is 1.42. The van der Waals surface area contributed by atoms with Crippen LogP contribution in [0.25, 0.3) is 5.32 Å². The zero-order valence-electron chi connectivity index (χ0n) is 9.25. The van der Waals surface area contributed by atoms with Gasteiger partial charge in [0.2, 0.25) is 0 Å². The van der Waals surface area contributed by atoms with Crippen LogP contribution in [0, 0.1) is 0 Å². The summed E-state index contributed by atoms with van der Waals surface area (Å²) in [7, 11) is 6.30. The molecule has 1 heterocycles. The van der Waals surface area contributed by atoms with Gasteiger partial charge in [-0.3, -0.25) is 4.90 Å². The van der Waals surface area contributed by atoms with Gasteiger partial charge in [0.25, 0.3) is 0 Å². The van der Waals surface area contributed by atoms with E-state index < -0.39 is 0 Å². The molecule has 0 saturated carbocycles. The van der Waals surface area contributed by atoms with Crippen LogP contribution < -0.4 is 37.2 Å². The molecule has 4 nitrogen and oxygen atoms in total. The van der Waals surface area contributed by atoms with E-state index >= 15 is 0 Å². The fraction of sp³-hybridized carbons (Fsp3) is 1.00. The van der Waals surface area contributed by atoms with Crippen LogP contribution in [-0.2, 0) is 21.7 Å². The summed E-state index contributed by atoms with van der Waals surface area (Å²) in [6.07, 6.45) is 0. The largest absolute Gasteiger partial charge is 4.00 e. The van der Waals surface area contributed by atoms with Gasteiger partial charge in [-0.25, -0.2) is 0 Å². The van der Waals surface area contributed by atoms with Gasteiger partial charge in [-0.1, -0.05) is 13.3 Å². The monoisotopic (exact) mass is 310 g/mol. The van der Waals surface area contributed by atoms with E-state index in [-0.39, 0.29) is 58.9 Å². The fourth-order valence-corrected chi connectivity index (χ4v) is 1.34. The van der Waals surface area contributed by atoms with Crippen molar-refractivity contribution in [1.29, 1.82) is 0 Å². The third-order valence-electron chi connectivity index (χ3n) is 1.65. The van der Waals surface area contributed by atoms with E-state index in [0.717, 1.165) is 26.7 Å². The molecule has 1 aliphatic heterocycles. The molecule has 1 saturated heterocycles. The molecule has 90 valence electrons. The maximum atomic E-state index is 4.35. The molecule has 0 amide bonds. The van der Waals surface area contributed by atoms with E-state index in [4.69, 9.17) is 0 Å². The molecule has 1 fully saturated rings. The van der Waals surface area contributed by atoms with Gasteiger partial charge in [-0.05, 0) is 21.1 Å². The van der Waals surface area contributed by atoms with Crippen molar-refractivity contribution in [2.75, 3.05) is 47.8 Å². The summed E-state index contributed by atoms with van der Waals surface area (Å²) in [4.78, 5) is 6.68. The minimum atomic E-state index is 0. The summed E-state index contributed by atoms with van der Waals surface area (Å²) >= 11 is 0. The number of halogens is 3. The summed E-state index contributed by atoms with van der Waals surface area (Å²) in [6.45, 7) is 3.67. The summed E-state index contributed by atoms with van der Waals surface area (Å²) in [5.74, 6) is 0. The van der Waals surface area contributed by atoms with Gasteiger partial charge in [0.05, 0.1) is 0 Å². The van der Waals surface area contributed by atoms with Crippen molar-refractivity contribution in [2.24, 2.45) is 0 Å². The average molecular weight is 311 g/mol. The van der Waals surface area contributed by atoms with E-state index in [1.54, 1.807) is 0 Å². The van der Waals surface area contributed by atoms with Crippen LogP contribution >= 0.6 is 0 Å². The van der Waals surface area contributed by atoms with Crippen LogP contribution in [0.5, 0.6) is 0 Å². The van der Waals surface area contributed by atoms with Gasteiger partial charge in [0.15, 0.2) is 0 Å². The molecule has 0 aliphatic carbocycles. The maximum absolute atomic E-state index is 4.35. The first-order valence-electron chi connectivity index (χ1n) is 3.87. The molecule has 0 aromatic rings. The van der Waals surface area contributed by atoms with Crippen LogP contribution in [-0.4, -0.2) is 62.5 Å². The Morgan fingerprint density at radius 2 is 1.07 bits per heavy atom. The second-order valence-corrected chi connectivity index (χ2v) is 3.36. The van der Waals surface area contributed by atoms with E-state index in [2.05, 4.69) is 41.2 Å². The third-order valence-corrected chi connectivity index (χ3v) is 1.65. The number of nitrogens with zero attached hydrogens (tertiary/aromatic N) is 4. The second kappa shape index (κ2) is 13.5. The van der Waals surface area contributed by atoms with Gasteiger partial charge in [-0.15, -0.1) is 0 Å². The molecule has 1 rings (SSSR count). The molecule has 0 unspecified atom stereocenters. The molecule has 0 radical (unpaired) electrons. The Kier molecular flexibility index (Phi) is 22.8. The SMILES string of the molecule is CN1C[N-]CN(C)CN(C)C1.[Cl-].[Cl-].[Cl-].[Ti+4]. The van der Waals surface area contributed by atoms with Crippen molar-refractivity contribution < 1.29 is 58.9 Å². The van der Waals surface area contributed by atoms with Gasteiger partial charge < -0.3 is 52.3 Å². The summed E-state index contributed by atoms with van der Waals surface area (Å²) in [5, 5.41) is 4.35. The van der Waals surface area contributed by atoms with Gasteiger partial charge >= 0.3 is 21.7 Å².